The van der Waals surface area contributed by atoms with E-state index in [1.54, 1.807) is 0 Å². The highest BCUT2D eigenvalue weighted by Crippen LogP contribution is 2.19. The van der Waals surface area contributed by atoms with Crippen LogP contribution in [-0.2, 0) is 6.42 Å². The maximum atomic E-state index is 6.09. The fourth-order valence-electron chi connectivity index (χ4n) is 3.79. The maximum Gasteiger partial charge on any atom is 0.193 e. The van der Waals surface area contributed by atoms with Gasteiger partial charge < -0.3 is 19.9 Å². The van der Waals surface area contributed by atoms with Crippen LogP contribution in [0.3, 0.4) is 0 Å². The Balaban J connectivity index is 0.00000240. The number of nitrogens with one attached hydrogen (secondary N) is 2. The second kappa shape index (κ2) is 10.5. The molecule has 0 amide bonds. The zero-order chi connectivity index (χ0) is 19.2. The molecule has 2 heterocycles. The molecule has 0 saturated carbocycles. The Morgan fingerprint density at radius 1 is 1.10 bits per heavy atom. The van der Waals surface area contributed by atoms with Crippen molar-refractivity contribution in [3.05, 3.63) is 66.4 Å². The van der Waals surface area contributed by atoms with Crippen molar-refractivity contribution in [1.29, 1.82) is 0 Å². The molecule has 0 bridgehead atoms. The van der Waals surface area contributed by atoms with Gasteiger partial charge in [-0.25, -0.2) is 0 Å². The summed E-state index contributed by atoms with van der Waals surface area (Å²) in [4.78, 5) is 10.3. The minimum atomic E-state index is 0. The van der Waals surface area contributed by atoms with Crippen LogP contribution in [0, 0.1) is 0 Å². The maximum absolute atomic E-state index is 6.09. The Hall–Kier alpha value is -2.22. The van der Waals surface area contributed by atoms with Crippen molar-refractivity contribution in [2.45, 2.75) is 25.4 Å². The van der Waals surface area contributed by atoms with Crippen molar-refractivity contribution in [1.82, 2.24) is 15.2 Å². The second-order valence-electron chi connectivity index (χ2n) is 7.22. The topological polar surface area (TPSA) is 52.7 Å². The number of hydrogen-bond donors (Lipinski definition) is 2. The molecule has 1 aliphatic heterocycles. The van der Waals surface area contributed by atoms with Crippen LogP contribution in [0.5, 0.6) is 5.75 Å². The number of para-hydroxylation sites is 2. The lowest BCUT2D eigenvalue weighted by Crippen LogP contribution is -2.47. The number of guanidine groups is 1. The van der Waals surface area contributed by atoms with Gasteiger partial charge in [-0.3, -0.25) is 4.99 Å². The van der Waals surface area contributed by atoms with Crippen molar-refractivity contribution in [2.24, 2.45) is 4.99 Å². The summed E-state index contributed by atoms with van der Waals surface area (Å²) < 4.78 is 6.09. The van der Waals surface area contributed by atoms with Crippen molar-refractivity contribution in [3.63, 3.8) is 0 Å². The summed E-state index contributed by atoms with van der Waals surface area (Å²) in [6.07, 6.45) is 3.25. The largest absolute Gasteiger partial charge is 0.490 e. The second-order valence-corrected chi connectivity index (χ2v) is 7.22. The SMILES string of the molecule is CN=C(NCCc1cc2ccccc2[nH]1)N1CCC(Oc2ccccc2)CC1.I. The molecular formula is C23H29IN4O. The standard InChI is InChI=1S/C23H28N4O.HI/c1-24-23(25-14-11-19-17-18-7-5-6-10-22(18)26-19)27-15-12-21(13-16-27)28-20-8-3-2-4-9-20;/h2-10,17,21,26H,11-16H2,1H3,(H,24,25);1H. The number of H-pyrrole nitrogens is 1. The van der Waals surface area contributed by atoms with E-state index in [4.69, 9.17) is 4.74 Å². The monoisotopic (exact) mass is 504 g/mol. The molecule has 0 spiro atoms. The smallest absolute Gasteiger partial charge is 0.193 e. The zero-order valence-electron chi connectivity index (χ0n) is 16.8. The third-order valence-corrected chi connectivity index (χ3v) is 5.26. The number of halogens is 1. The molecule has 6 heteroatoms. The third kappa shape index (κ3) is 5.65. The summed E-state index contributed by atoms with van der Waals surface area (Å²) >= 11 is 0. The van der Waals surface area contributed by atoms with Gasteiger partial charge in [0.05, 0.1) is 0 Å². The highest BCUT2D eigenvalue weighted by atomic mass is 127. The Morgan fingerprint density at radius 3 is 2.55 bits per heavy atom. The number of nitrogens with zero attached hydrogens (tertiary/aromatic N) is 2. The first kappa shape index (κ1) is 21.5. The number of rotatable bonds is 5. The highest BCUT2D eigenvalue weighted by Gasteiger charge is 2.22. The molecule has 0 unspecified atom stereocenters. The van der Waals surface area contributed by atoms with Crippen molar-refractivity contribution >= 4 is 40.8 Å². The minimum Gasteiger partial charge on any atom is -0.490 e. The zero-order valence-corrected chi connectivity index (χ0v) is 19.1. The van der Waals surface area contributed by atoms with Gasteiger partial charge in [0.1, 0.15) is 11.9 Å². The summed E-state index contributed by atoms with van der Waals surface area (Å²) in [5.41, 5.74) is 2.45. The molecule has 1 aliphatic rings. The van der Waals surface area contributed by atoms with E-state index in [0.717, 1.165) is 50.6 Å². The average Bonchev–Trinajstić information content (AvgIpc) is 3.16. The minimum absolute atomic E-state index is 0. The molecule has 3 aromatic rings. The van der Waals surface area contributed by atoms with Crippen LogP contribution in [0.1, 0.15) is 18.5 Å². The van der Waals surface area contributed by atoms with Crippen LogP contribution in [0.2, 0.25) is 0 Å². The van der Waals surface area contributed by atoms with E-state index >= 15 is 0 Å². The molecule has 5 nitrogen and oxygen atoms in total. The van der Waals surface area contributed by atoms with Crippen molar-refractivity contribution in [3.8, 4) is 5.75 Å². The van der Waals surface area contributed by atoms with Crippen LogP contribution < -0.4 is 10.1 Å². The van der Waals surface area contributed by atoms with E-state index in [0.29, 0.717) is 0 Å². The van der Waals surface area contributed by atoms with Crippen LogP contribution in [0.4, 0.5) is 0 Å². The van der Waals surface area contributed by atoms with Gasteiger partial charge in [0.2, 0.25) is 0 Å². The Morgan fingerprint density at radius 2 is 1.83 bits per heavy atom. The first-order chi connectivity index (χ1) is 13.8. The average molecular weight is 504 g/mol. The molecule has 29 heavy (non-hydrogen) atoms. The van der Waals surface area contributed by atoms with E-state index in [1.165, 1.54) is 16.6 Å². The quantitative estimate of drug-likeness (QED) is 0.307. The number of piperidine rings is 1. The third-order valence-electron chi connectivity index (χ3n) is 5.26. The number of benzene rings is 2. The summed E-state index contributed by atoms with van der Waals surface area (Å²) in [6.45, 7) is 2.78. The van der Waals surface area contributed by atoms with Crippen LogP contribution in [-0.4, -0.2) is 48.6 Å². The van der Waals surface area contributed by atoms with Gasteiger partial charge in [-0.15, -0.1) is 24.0 Å². The predicted molar refractivity (Wildman–Crippen MR) is 130 cm³/mol. The first-order valence-electron chi connectivity index (χ1n) is 10.1. The van der Waals surface area contributed by atoms with Crippen molar-refractivity contribution in [2.75, 3.05) is 26.7 Å². The van der Waals surface area contributed by atoms with E-state index in [1.807, 2.05) is 37.4 Å². The predicted octanol–water partition coefficient (Wildman–Crippen LogP) is 4.45. The normalized spacial score (nSPS) is 15.2. The lowest BCUT2D eigenvalue weighted by atomic mass is 10.1. The molecule has 154 valence electrons. The summed E-state index contributed by atoms with van der Waals surface area (Å²) in [6, 6.07) is 20.7. The summed E-state index contributed by atoms with van der Waals surface area (Å²) in [5, 5.41) is 4.78. The van der Waals surface area contributed by atoms with Gasteiger partial charge >= 0.3 is 0 Å². The number of ether oxygens (including phenoxy) is 1. The number of aromatic amines is 1. The number of hydrogen-bond acceptors (Lipinski definition) is 2. The molecule has 2 aromatic carbocycles. The summed E-state index contributed by atoms with van der Waals surface area (Å²) in [7, 11) is 1.86. The summed E-state index contributed by atoms with van der Waals surface area (Å²) in [5.74, 6) is 1.94. The molecular weight excluding hydrogens is 475 g/mol. The van der Waals surface area contributed by atoms with Crippen molar-refractivity contribution < 1.29 is 4.74 Å². The number of likely N-dealkylation sites (tertiary alicyclic amines) is 1. The van der Waals surface area contributed by atoms with Gasteiger partial charge in [0.15, 0.2) is 5.96 Å². The Labute approximate surface area is 189 Å². The number of aliphatic imine (C=N–C) groups is 1. The van der Waals surface area contributed by atoms with Crippen LogP contribution in [0.15, 0.2) is 65.7 Å². The molecule has 0 radical (unpaired) electrons. The van der Waals surface area contributed by atoms with Gasteiger partial charge in [-0.05, 0) is 29.7 Å². The van der Waals surface area contributed by atoms with E-state index in [2.05, 4.69) is 50.5 Å². The van der Waals surface area contributed by atoms with E-state index in [-0.39, 0.29) is 30.1 Å². The lowest BCUT2D eigenvalue weighted by molar-refractivity contribution is 0.129. The Bertz CT molecular complexity index is 884. The highest BCUT2D eigenvalue weighted by molar-refractivity contribution is 14.0. The Kier molecular flexibility index (Phi) is 7.80. The molecule has 2 N–H and O–H groups in total. The van der Waals surface area contributed by atoms with Gasteiger partial charge in [0, 0.05) is 57.2 Å². The molecule has 4 rings (SSSR count). The number of fused-ring (bicyclic) bond motifs is 1. The molecule has 0 atom stereocenters. The molecule has 1 fully saturated rings. The molecule has 0 aliphatic carbocycles. The van der Waals surface area contributed by atoms with Crippen LogP contribution in [0.25, 0.3) is 10.9 Å². The van der Waals surface area contributed by atoms with Crippen LogP contribution >= 0.6 is 24.0 Å². The molecule has 1 saturated heterocycles. The fourth-order valence-corrected chi connectivity index (χ4v) is 3.79. The lowest BCUT2D eigenvalue weighted by Gasteiger charge is -2.34. The fraction of sp³-hybridized carbons (Fsp3) is 0.348. The van der Waals surface area contributed by atoms with E-state index < -0.39 is 0 Å². The van der Waals surface area contributed by atoms with Gasteiger partial charge in [-0.2, -0.15) is 0 Å². The first-order valence-corrected chi connectivity index (χ1v) is 10.1. The van der Waals surface area contributed by atoms with Gasteiger partial charge in [-0.1, -0.05) is 36.4 Å². The van der Waals surface area contributed by atoms with E-state index in [9.17, 15) is 0 Å². The van der Waals surface area contributed by atoms with Gasteiger partial charge in [0.25, 0.3) is 0 Å². The molecule has 1 aromatic heterocycles. The number of aromatic nitrogens is 1.